The summed E-state index contributed by atoms with van der Waals surface area (Å²) in [6.07, 6.45) is 0. The van der Waals surface area contributed by atoms with Gasteiger partial charge in [0.1, 0.15) is 11.2 Å². The first kappa shape index (κ1) is 21.0. The zero-order valence-electron chi connectivity index (χ0n) is 20.6. The van der Waals surface area contributed by atoms with Crippen molar-refractivity contribution in [1.29, 1.82) is 0 Å². The number of nitrogens with one attached hydrogen (secondary N) is 1. The molecule has 8 aromatic rings. The van der Waals surface area contributed by atoms with Crippen LogP contribution in [0.25, 0.3) is 77.1 Å². The van der Waals surface area contributed by atoms with E-state index in [1.54, 1.807) is 0 Å². The molecule has 0 spiro atoms. The Morgan fingerprint density at radius 2 is 1.00 bits per heavy atom. The lowest BCUT2D eigenvalue weighted by Gasteiger charge is -2.05. The van der Waals surface area contributed by atoms with Gasteiger partial charge in [0.15, 0.2) is 0 Å². The van der Waals surface area contributed by atoms with Gasteiger partial charge in [-0.15, -0.1) is 0 Å². The predicted octanol–water partition coefficient (Wildman–Crippen LogP) is 10.2. The van der Waals surface area contributed by atoms with Crippen LogP contribution in [0.3, 0.4) is 0 Å². The second-order valence-corrected chi connectivity index (χ2v) is 9.81. The van der Waals surface area contributed by atoms with Gasteiger partial charge in [0.2, 0.25) is 0 Å². The fraction of sp³-hybridized carbons (Fsp3) is 0. The Hall–Kier alpha value is -5.08. The lowest BCUT2D eigenvalue weighted by atomic mass is 9.98. The average molecular weight is 486 g/mol. The Bertz CT molecular complexity index is 2110. The second kappa shape index (κ2) is 8.22. The summed E-state index contributed by atoms with van der Waals surface area (Å²) in [5.41, 5.74) is 11.1. The molecular formula is C36H23NO. The summed E-state index contributed by atoms with van der Waals surface area (Å²) in [7, 11) is 0. The molecule has 0 unspecified atom stereocenters. The minimum atomic E-state index is 0.919. The molecule has 0 fully saturated rings. The maximum atomic E-state index is 6.71. The van der Waals surface area contributed by atoms with Crippen LogP contribution in [0.15, 0.2) is 138 Å². The van der Waals surface area contributed by atoms with Crippen LogP contribution in [-0.2, 0) is 0 Å². The first-order valence-electron chi connectivity index (χ1n) is 12.9. The van der Waals surface area contributed by atoms with Crippen molar-refractivity contribution < 1.29 is 4.42 Å². The number of H-pyrrole nitrogens is 1. The molecule has 1 N–H and O–H groups in total. The Labute approximate surface area is 219 Å². The molecule has 2 heterocycles. The van der Waals surface area contributed by atoms with Crippen molar-refractivity contribution in [2.45, 2.75) is 0 Å². The highest BCUT2D eigenvalue weighted by atomic mass is 16.3. The molecule has 2 heteroatoms. The maximum Gasteiger partial charge on any atom is 0.143 e. The van der Waals surface area contributed by atoms with Crippen LogP contribution in [0.2, 0.25) is 0 Å². The van der Waals surface area contributed by atoms with Gasteiger partial charge in [-0.1, -0.05) is 121 Å². The van der Waals surface area contributed by atoms with E-state index in [1.165, 1.54) is 21.9 Å². The molecule has 0 atom stereocenters. The van der Waals surface area contributed by atoms with Crippen LogP contribution in [0, 0.1) is 0 Å². The minimum absolute atomic E-state index is 0.919. The van der Waals surface area contributed by atoms with E-state index in [1.807, 2.05) is 6.07 Å². The Morgan fingerprint density at radius 3 is 1.74 bits per heavy atom. The highest BCUT2D eigenvalue weighted by Crippen LogP contribution is 2.42. The van der Waals surface area contributed by atoms with E-state index >= 15 is 0 Å². The number of rotatable bonds is 3. The van der Waals surface area contributed by atoms with Crippen molar-refractivity contribution in [1.82, 2.24) is 4.98 Å². The lowest BCUT2D eigenvalue weighted by Crippen LogP contribution is -1.81. The fourth-order valence-electron chi connectivity index (χ4n) is 5.83. The largest absolute Gasteiger partial charge is 0.455 e. The van der Waals surface area contributed by atoms with E-state index < -0.39 is 0 Å². The topological polar surface area (TPSA) is 28.9 Å². The van der Waals surface area contributed by atoms with Crippen molar-refractivity contribution in [3.63, 3.8) is 0 Å². The third-order valence-corrected chi connectivity index (χ3v) is 7.64. The SMILES string of the molecule is c1ccc(-c2ccc3[nH]c4c(-c5cccc6c5oc5c(-c7ccccc7)cccc56)cccc4c3c2)cc1. The van der Waals surface area contributed by atoms with E-state index in [2.05, 4.69) is 132 Å². The summed E-state index contributed by atoms with van der Waals surface area (Å²) in [6.45, 7) is 0. The predicted molar refractivity (Wildman–Crippen MR) is 159 cm³/mol. The molecule has 0 aliphatic carbocycles. The molecule has 0 saturated carbocycles. The lowest BCUT2D eigenvalue weighted by molar-refractivity contribution is 0.671. The number of aromatic nitrogens is 1. The number of hydrogen-bond donors (Lipinski definition) is 1. The highest BCUT2D eigenvalue weighted by molar-refractivity contribution is 6.17. The number of benzene rings is 6. The third kappa shape index (κ3) is 3.14. The monoisotopic (exact) mass is 485 g/mol. The van der Waals surface area contributed by atoms with E-state index in [0.29, 0.717) is 0 Å². The molecule has 6 aromatic carbocycles. The summed E-state index contributed by atoms with van der Waals surface area (Å²) < 4.78 is 6.71. The fourth-order valence-corrected chi connectivity index (χ4v) is 5.83. The van der Waals surface area contributed by atoms with E-state index in [4.69, 9.17) is 4.42 Å². The Kier molecular flexibility index (Phi) is 4.55. The van der Waals surface area contributed by atoms with E-state index in [9.17, 15) is 0 Å². The van der Waals surface area contributed by atoms with Gasteiger partial charge in [-0.3, -0.25) is 0 Å². The standard InChI is InChI=1S/C36H23NO/c1-3-10-23(11-4-1)25-20-21-33-32(22-25)28-16-8-15-27(34(28)37-33)29-17-9-19-31-30-18-7-14-26(35(30)38-36(29)31)24-12-5-2-6-13-24/h1-22,37H. The summed E-state index contributed by atoms with van der Waals surface area (Å²) in [4.78, 5) is 3.72. The summed E-state index contributed by atoms with van der Waals surface area (Å²) in [5.74, 6) is 0. The number of hydrogen-bond acceptors (Lipinski definition) is 1. The van der Waals surface area contributed by atoms with Gasteiger partial charge < -0.3 is 9.40 Å². The summed E-state index contributed by atoms with van der Waals surface area (Å²) in [5, 5.41) is 4.72. The van der Waals surface area contributed by atoms with Gasteiger partial charge in [0, 0.05) is 43.8 Å². The van der Waals surface area contributed by atoms with Gasteiger partial charge in [0.05, 0.1) is 5.52 Å². The molecule has 0 aliphatic heterocycles. The van der Waals surface area contributed by atoms with Gasteiger partial charge in [-0.2, -0.15) is 0 Å². The van der Waals surface area contributed by atoms with Crippen LogP contribution >= 0.6 is 0 Å². The van der Waals surface area contributed by atoms with Crippen LogP contribution < -0.4 is 0 Å². The van der Waals surface area contributed by atoms with Gasteiger partial charge in [-0.25, -0.2) is 0 Å². The zero-order valence-corrected chi connectivity index (χ0v) is 20.6. The second-order valence-electron chi connectivity index (χ2n) is 9.81. The maximum absolute atomic E-state index is 6.71. The van der Waals surface area contributed by atoms with Crippen LogP contribution in [0.5, 0.6) is 0 Å². The van der Waals surface area contributed by atoms with E-state index in [-0.39, 0.29) is 0 Å². The summed E-state index contributed by atoms with van der Waals surface area (Å²) >= 11 is 0. The Balaban J connectivity index is 1.37. The molecule has 0 bridgehead atoms. The van der Waals surface area contributed by atoms with Crippen molar-refractivity contribution in [3.8, 4) is 33.4 Å². The Morgan fingerprint density at radius 1 is 0.395 bits per heavy atom. The van der Waals surface area contributed by atoms with Crippen molar-refractivity contribution in [2.75, 3.05) is 0 Å². The average Bonchev–Trinajstić information content (AvgIpc) is 3.56. The first-order chi connectivity index (χ1) is 18.8. The van der Waals surface area contributed by atoms with Gasteiger partial charge in [0.25, 0.3) is 0 Å². The molecule has 38 heavy (non-hydrogen) atoms. The quantitative estimate of drug-likeness (QED) is 0.265. The smallest absolute Gasteiger partial charge is 0.143 e. The van der Waals surface area contributed by atoms with Crippen LogP contribution in [0.4, 0.5) is 0 Å². The number of furan rings is 1. The van der Waals surface area contributed by atoms with E-state index in [0.717, 1.165) is 55.2 Å². The van der Waals surface area contributed by atoms with Crippen molar-refractivity contribution in [3.05, 3.63) is 133 Å². The molecule has 178 valence electrons. The summed E-state index contributed by atoms with van der Waals surface area (Å²) in [6, 6.07) is 47.1. The molecule has 0 radical (unpaired) electrons. The normalized spacial score (nSPS) is 11.7. The molecule has 8 rings (SSSR count). The number of aromatic amines is 1. The van der Waals surface area contributed by atoms with Crippen molar-refractivity contribution >= 4 is 43.7 Å². The first-order valence-corrected chi connectivity index (χ1v) is 12.9. The van der Waals surface area contributed by atoms with Gasteiger partial charge >= 0.3 is 0 Å². The molecule has 0 amide bonds. The minimum Gasteiger partial charge on any atom is -0.455 e. The number of fused-ring (bicyclic) bond motifs is 6. The molecule has 0 saturated heterocycles. The third-order valence-electron chi connectivity index (χ3n) is 7.64. The van der Waals surface area contributed by atoms with Crippen LogP contribution in [0.1, 0.15) is 0 Å². The molecule has 0 aliphatic rings. The highest BCUT2D eigenvalue weighted by Gasteiger charge is 2.18. The zero-order chi connectivity index (χ0) is 25.1. The van der Waals surface area contributed by atoms with Gasteiger partial charge in [-0.05, 0) is 28.8 Å². The van der Waals surface area contributed by atoms with Crippen LogP contribution in [-0.4, -0.2) is 4.98 Å². The molecular weight excluding hydrogens is 462 g/mol. The molecule has 2 aromatic heterocycles. The van der Waals surface area contributed by atoms with Crippen molar-refractivity contribution in [2.24, 2.45) is 0 Å². The molecule has 2 nitrogen and oxygen atoms in total. The number of para-hydroxylation sites is 3.